The molecule has 0 aliphatic carbocycles. The monoisotopic (exact) mass is 232 g/mol. The minimum Gasteiger partial charge on any atom is -0.528 e. The molecule has 0 aliphatic rings. The summed E-state index contributed by atoms with van der Waals surface area (Å²) < 4.78 is 10.7. The van der Waals surface area contributed by atoms with Gasteiger partial charge in [0.15, 0.2) is 0 Å². The lowest BCUT2D eigenvalue weighted by atomic mass is 10.7. The molecule has 0 aromatic carbocycles. The Hall–Kier alpha value is -0.626. The van der Waals surface area contributed by atoms with Gasteiger partial charge in [-0.25, -0.2) is 0 Å². The zero-order valence-electron chi connectivity index (χ0n) is 9.82. The minimum atomic E-state index is -1.79. The van der Waals surface area contributed by atoms with Crippen molar-refractivity contribution in [1.82, 2.24) is 0 Å². The normalized spacial score (nSPS) is 12.1. The molecule has 0 aromatic rings. The second-order valence-corrected chi connectivity index (χ2v) is 13.9. The molecule has 0 bridgehead atoms. The van der Waals surface area contributed by atoms with Crippen molar-refractivity contribution in [3.63, 3.8) is 0 Å². The van der Waals surface area contributed by atoms with Crippen molar-refractivity contribution >= 4 is 28.4 Å². The smallest absolute Gasteiger partial charge is 0.254 e. The van der Waals surface area contributed by atoms with E-state index in [-0.39, 0.29) is 11.8 Å². The molecule has 0 rings (SSSR count). The van der Waals surface area contributed by atoms with E-state index in [1.807, 2.05) is 39.3 Å². The highest BCUT2D eigenvalue weighted by atomic mass is 28.4. The van der Waals surface area contributed by atoms with Crippen LogP contribution < -0.4 is 0 Å². The summed E-state index contributed by atoms with van der Waals surface area (Å²) >= 11 is 0. The summed E-state index contributed by atoms with van der Waals surface area (Å²) in [4.78, 5) is 0. The van der Waals surface area contributed by atoms with Crippen molar-refractivity contribution in [2.75, 3.05) is 0 Å². The molecule has 0 radical (unpaired) electrons. The van der Waals surface area contributed by atoms with Crippen LogP contribution in [0.3, 0.4) is 0 Å². The van der Waals surface area contributed by atoms with E-state index < -0.39 is 16.6 Å². The number of nitrogens with one attached hydrogen (secondary N) is 2. The second kappa shape index (κ2) is 4.26. The van der Waals surface area contributed by atoms with Gasteiger partial charge in [-0.05, 0) is 39.3 Å². The number of hydrogen-bond donors (Lipinski definition) is 2. The Morgan fingerprint density at radius 3 is 1.07 bits per heavy atom. The highest BCUT2D eigenvalue weighted by Gasteiger charge is 2.25. The Morgan fingerprint density at radius 2 is 0.929 bits per heavy atom. The Kier molecular flexibility index (Phi) is 4.07. The molecular weight excluding hydrogens is 212 g/mol. The Morgan fingerprint density at radius 1 is 0.714 bits per heavy atom. The molecular formula is C8H20N2O2Si2. The van der Waals surface area contributed by atoms with Gasteiger partial charge in [-0.1, -0.05) is 0 Å². The van der Waals surface area contributed by atoms with Crippen molar-refractivity contribution in [3.8, 4) is 0 Å². The highest BCUT2D eigenvalue weighted by molar-refractivity contribution is 6.75. The van der Waals surface area contributed by atoms with E-state index >= 15 is 0 Å². The quantitative estimate of drug-likeness (QED) is 0.437. The van der Waals surface area contributed by atoms with Crippen molar-refractivity contribution in [2.45, 2.75) is 39.3 Å². The summed E-state index contributed by atoms with van der Waals surface area (Å²) in [5.74, 6) is -0.266. The molecule has 0 saturated carbocycles. The lowest BCUT2D eigenvalue weighted by Gasteiger charge is -2.23. The van der Waals surface area contributed by atoms with Gasteiger partial charge in [0, 0.05) is 0 Å². The fraction of sp³-hybridized carbons (Fsp3) is 0.750. The van der Waals surface area contributed by atoms with Crippen LogP contribution in [0.5, 0.6) is 0 Å². The summed E-state index contributed by atoms with van der Waals surface area (Å²) in [6.45, 7) is 11.9. The van der Waals surface area contributed by atoms with Crippen LogP contribution in [0.15, 0.2) is 0 Å². The molecule has 6 heteroatoms. The molecule has 82 valence electrons. The maximum atomic E-state index is 7.52. The first-order valence-corrected chi connectivity index (χ1v) is 11.4. The molecule has 4 nitrogen and oxygen atoms in total. The summed E-state index contributed by atoms with van der Waals surface area (Å²) in [6, 6.07) is 0. The second-order valence-electron chi connectivity index (χ2n) is 5.09. The average Bonchev–Trinajstić information content (AvgIpc) is 1.78. The van der Waals surface area contributed by atoms with Gasteiger partial charge in [-0.2, -0.15) is 0 Å². The van der Waals surface area contributed by atoms with E-state index in [0.717, 1.165) is 0 Å². The molecule has 0 fully saturated rings. The van der Waals surface area contributed by atoms with E-state index in [9.17, 15) is 0 Å². The first-order valence-electron chi connectivity index (χ1n) is 4.57. The van der Waals surface area contributed by atoms with E-state index in [2.05, 4.69) is 0 Å². The van der Waals surface area contributed by atoms with Gasteiger partial charge in [-0.15, -0.1) is 0 Å². The summed E-state index contributed by atoms with van der Waals surface area (Å²) in [7, 11) is -3.58. The van der Waals surface area contributed by atoms with Crippen LogP contribution in [-0.2, 0) is 8.85 Å². The highest BCUT2D eigenvalue weighted by Crippen LogP contribution is 2.07. The van der Waals surface area contributed by atoms with E-state index in [4.69, 9.17) is 19.7 Å². The minimum absolute atomic E-state index is 0.133. The molecule has 0 saturated heterocycles. The third-order valence-corrected chi connectivity index (χ3v) is 2.66. The zero-order valence-corrected chi connectivity index (χ0v) is 11.8. The molecule has 14 heavy (non-hydrogen) atoms. The standard InChI is InChI=1S/C8H20N2O2Si2/c1-13(2,3)11-7(9)8(10)12-14(4,5)6/h9-10H,1-6H3. The Labute approximate surface area is 87.9 Å². The summed E-state index contributed by atoms with van der Waals surface area (Å²) in [6.07, 6.45) is 0. The molecule has 0 aliphatic heterocycles. The van der Waals surface area contributed by atoms with Crippen molar-refractivity contribution in [1.29, 1.82) is 10.8 Å². The van der Waals surface area contributed by atoms with Crippen molar-refractivity contribution in [2.24, 2.45) is 0 Å². The third kappa shape index (κ3) is 6.84. The van der Waals surface area contributed by atoms with Gasteiger partial charge < -0.3 is 8.85 Å². The van der Waals surface area contributed by atoms with E-state index in [0.29, 0.717) is 0 Å². The first kappa shape index (κ1) is 13.4. The van der Waals surface area contributed by atoms with Crippen LogP contribution >= 0.6 is 0 Å². The lowest BCUT2D eigenvalue weighted by molar-refractivity contribution is 0.505. The maximum absolute atomic E-state index is 7.52. The largest absolute Gasteiger partial charge is 0.528 e. The SMILES string of the molecule is C[Si](C)(C)OC(=N)C(=N)O[Si](C)(C)C. The van der Waals surface area contributed by atoms with Crippen LogP contribution in [0.1, 0.15) is 0 Å². The Balaban J connectivity index is 4.22. The van der Waals surface area contributed by atoms with Gasteiger partial charge in [0.1, 0.15) is 0 Å². The van der Waals surface area contributed by atoms with Crippen molar-refractivity contribution < 1.29 is 8.85 Å². The number of hydrogen-bond acceptors (Lipinski definition) is 4. The molecule has 0 heterocycles. The average molecular weight is 232 g/mol. The molecule has 0 aromatic heterocycles. The van der Waals surface area contributed by atoms with Gasteiger partial charge in [0.05, 0.1) is 0 Å². The number of rotatable bonds is 2. The third-order valence-electron chi connectivity index (χ3n) is 1.02. The van der Waals surface area contributed by atoms with Gasteiger partial charge >= 0.3 is 0 Å². The van der Waals surface area contributed by atoms with E-state index in [1.54, 1.807) is 0 Å². The molecule has 2 N–H and O–H groups in total. The topological polar surface area (TPSA) is 66.2 Å². The predicted octanol–water partition coefficient (Wildman–Crippen LogP) is 2.64. The fourth-order valence-corrected chi connectivity index (χ4v) is 2.12. The first-order chi connectivity index (χ1) is 6.01. The summed E-state index contributed by atoms with van der Waals surface area (Å²) in [5, 5.41) is 15.0. The van der Waals surface area contributed by atoms with Crippen molar-refractivity contribution in [3.05, 3.63) is 0 Å². The van der Waals surface area contributed by atoms with Crippen LogP contribution in [0.4, 0.5) is 0 Å². The predicted molar refractivity (Wildman–Crippen MR) is 64.3 cm³/mol. The van der Waals surface area contributed by atoms with Gasteiger partial charge in [-0.3, -0.25) is 10.8 Å². The molecule has 0 amide bonds. The summed E-state index contributed by atoms with van der Waals surface area (Å²) in [5.41, 5.74) is 0. The zero-order chi connectivity index (χ0) is 11.6. The molecule has 0 spiro atoms. The van der Waals surface area contributed by atoms with Gasteiger partial charge in [0.25, 0.3) is 11.8 Å². The molecule has 0 unspecified atom stereocenters. The van der Waals surface area contributed by atoms with Crippen LogP contribution in [0.25, 0.3) is 0 Å². The Bertz CT molecular complexity index is 215. The van der Waals surface area contributed by atoms with Crippen LogP contribution in [0.2, 0.25) is 39.3 Å². The fourth-order valence-electron chi connectivity index (χ4n) is 0.705. The van der Waals surface area contributed by atoms with Crippen LogP contribution in [0, 0.1) is 10.8 Å². The maximum Gasteiger partial charge on any atom is 0.254 e. The lowest BCUT2D eigenvalue weighted by Crippen LogP contribution is -2.38. The molecule has 0 atom stereocenters. The van der Waals surface area contributed by atoms with Gasteiger partial charge in [0.2, 0.25) is 16.6 Å². The van der Waals surface area contributed by atoms with Crippen LogP contribution in [-0.4, -0.2) is 28.4 Å². The van der Waals surface area contributed by atoms with E-state index in [1.165, 1.54) is 0 Å².